The molecule has 2 heterocycles. The number of rotatable bonds is 2. The summed E-state index contributed by atoms with van der Waals surface area (Å²) in [5.74, 6) is 1.21. The third-order valence-electron chi connectivity index (χ3n) is 1.99. The van der Waals surface area contributed by atoms with Gasteiger partial charge in [-0.2, -0.15) is 0 Å². The molecule has 0 aliphatic carbocycles. The number of aryl methyl sites for hydroxylation is 1. The minimum Gasteiger partial charge on any atom is -0.461 e. The van der Waals surface area contributed by atoms with Gasteiger partial charge in [-0.3, -0.25) is 4.79 Å². The summed E-state index contributed by atoms with van der Waals surface area (Å²) in [6.45, 7) is 3.30. The van der Waals surface area contributed by atoms with E-state index in [0.29, 0.717) is 23.0 Å². The molecule has 1 N–H and O–H groups in total. The monoisotopic (exact) mass is 190 g/mol. The molecule has 0 radical (unpaired) electrons. The Morgan fingerprint density at radius 3 is 2.86 bits per heavy atom. The molecular formula is C10H10N2O2. The van der Waals surface area contributed by atoms with Crippen molar-refractivity contribution in [1.29, 1.82) is 0 Å². The lowest BCUT2D eigenvalue weighted by Gasteiger charge is -1.88. The lowest BCUT2D eigenvalue weighted by molar-refractivity contribution is 0.101. The number of nitrogens with one attached hydrogen (secondary N) is 1. The minimum atomic E-state index is -0.0205. The Bertz CT molecular complexity index is 454. The molecule has 0 bridgehead atoms. The van der Waals surface area contributed by atoms with E-state index < -0.39 is 0 Å². The van der Waals surface area contributed by atoms with E-state index in [1.165, 1.54) is 6.92 Å². The Labute approximate surface area is 81.0 Å². The van der Waals surface area contributed by atoms with Gasteiger partial charge in [0.05, 0.1) is 12.0 Å². The van der Waals surface area contributed by atoms with E-state index in [-0.39, 0.29) is 5.78 Å². The number of hydrogen-bond acceptors (Lipinski definition) is 3. The van der Waals surface area contributed by atoms with Gasteiger partial charge in [0.1, 0.15) is 5.69 Å². The van der Waals surface area contributed by atoms with E-state index in [1.807, 2.05) is 0 Å². The van der Waals surface area contributed by atoms with Gasteiger partial charge in [-0.05, 0) is 19.1 Å². The predicted octanol–water partition coefficient (Wildman–Crippen LogP) is 2.18. The second-order valence-electron chi connectivity index (χ2n) is 3.08. The first-order valence-corrected chi connectivity index (χ1v) is 4.30. The average Bonchev–Trinajstić information content (AvgIpc) is 2.70. The number of H-pyrrole nitrogens is 1. The van der Waals surface area contributed by atoms with Crippen LogP contribution < -0.4 is 0 Å². The standard InChI is InChI=1S/C10H10N2O2/c1-6-9(7(2)13)12-10(11-6)8-4-3-5-14-8/h3-5H,1-2H3,(H,11,12). The van der Waals surface area contributed by atoms with Gasteiger partial charge < -0.3 is 9.40 Å². The maximum atomic E-state index is 11.1. The van der Waals surface area contributed by atoms with Crippen LogP contribution >= 0.6 is 0 Å². The molecule has 72 valence electrons. The third-order valence-corrected chi connectivity index (χ3v) is 1.99. The van der Waals surface area contributed by atoms with Crippen molar-refractivity contribution in [2.45, 2.75) is 13.8 Å². The normalized spacial score (nSPS) is 10.4. The highest BCUT2D eigenvalue weighted by Gasteiger charge is 2.12. The number of Topliss-reactive ketones (excluding diaryl/α,β-unsaturated/α-hetero) is 1. The molecule has 0 aliphatic heterocycles. The van der Waals surface area contributed by atoms with Crippen LogP contribution in [0.3, 0.4) is 0 Å². The largest absolute Gasteiger partial charge is 0.461 e. The fourth-order valence-corrected chi connectivity index (χ4v) is 1.33. The van der Waals surface area contributed by atoms with Crippen LogP contribution in [0.4, 0.5) is 0 Å². The van der Waals surface area contributed by atoms with Crippen molar-refractivity contribution in [2.75, 3.05) is 0 Å². The smallest absolute Gasteiger partial charge is 0.177 e. The summed E-state index contributed by atoms with van der Waals surface area (Å²) in [6, 6.07) is 3.57. The number of carbonyl (C=O) groups is 1. The minimum absolute atomic E-state index is 0.0205. The van der Waals surface area contributed by atoms with Crippen LogP contribution in [-0.4, -0.2) is 15.8 Å². The predicted molar refractivity (Wildman–Crippen MR) is 51.0 cm³/mol. The molecule has 0 aliphatic rings. The molecule has 2 rings (SSSR count). The summed E-state index contributed by atoms with van der Waals surface area (Å²) in [6.07, 6.45) is 1.57. The van der Waals surface area contributed by atoms with Gasteiger partial charge in [-0.1, -0.05) is 0 Å². The molecule has 4 nitrogen and oxygen atoms in total. The number of furan rings is 1. The van der Waals surface area contributed by atoms with E-state index >= 15 is 0 Å². The molecule has 0 amide bonds. The van der Waals surface area contributed by atoms with Gasteiger partial charge in [-0.15, -0.1) is 0 Å². The summed E-state index contributed by atoms with van der Waals surface area (Å²) < 4.78 is 5.16. The first-order chi connectivity index (χ1) is 6.68. The third kappa shape index (κ3) is 1.35. The van der Waals surface area contributed by atoms with Crippen molar-refractivity contribution in [3.05, 3.63) is 29.8 Å². The van der Waals surface area contributed by atoms with E-state index in [9.17, 15) is 4.79 Å². The molecule has 2 aromatic rings. The maximum Gasteiger partial charge on any atom is 0.177 e. The summed E-state index contributed by atoms with van der Waals surface area (Å²) in [7, 11) is 0. The van der Waals surface area contributed by atoms with Crippen LogP contribution in [0, 0.1) is 6.92 Å². The Morgan fingerprint density at radius 2 is 2.36 bits per heavy atom. The maximum absolute atomic E-state index is 11.1. The highest BCUT2D eigenvalue weighted by Crippen LogP contribution is 2.18. The molecule has 4 heteroatoms. The van der Waals surface area contributed by atoms with Gasteiger partial charge in [0.15, 0.2) is 17.4 Å². The molecule has 0 aromatic carbocycles. The van der Waals surface area contributed by atoms with Crippen LogP contribution in [0.2, 0.25) is 0 Å². The van der Waals surface area contributed by atoms with Crippen LogP contribution in [0.5, 0.6) is 0 Å². The van der Waals surface area contributed by atoms with Crippen LogP contribution in [-0.2, 0) is 0 Å². The molecular weight excluding hydrogens is 180 g/mol. The number of aromatic nitrogens is 2. The molecule has 0 spiro atoms. The molecule has 0 atom stereocenters. The zero-order valence-electron chi connectivity index (χ0n) is 8.00. The van der Waals surface area contributed by atoms with Crippen LogP contribution in [0.15, 0.2) is 22.8 Å². The number of aromatic amines is 1. The number of hydrogen-bond donors (Lipinski definition) is 1. The van der Waals surface area contributed by atoms with Crippen LogP contribution in [0.25, 0.3) is 11.6 Å². The SMILES string of the molecule is CC(=O)c1[nH]c(-c2ccco2)nc1C. The van der Waals surface area contributed by atoms with Crippen molar-refractivity contribution >= 4 is 5.78 Å². The number of ketones is 1. The molecule has 14 heavy (non-hydrogen) atoms. The van der Waals surface area contributed by atoms with Gasteiger partial charge in [0.25, 0.3) is 0 Å². The summed E-state index contributed by atoms with van der Waals surface area (Å²) in [5.41, 5.74) is 1.24. The summed E-state index contributed by atoms with van der Waals surface area (Å²) in [4.78, 5) is 18.3. The van der Waals surface area contributed by atoms with E-state index in [1.54, 1.807) is 25.3 Å². The van der Waals surface area contributed by atoms with Gasteiger partial charge >= 0.3 is 0 Å². The zero-order chi connectivity index (χ0) is 10.1. The fourth-order valence-electron chi connectivity index (χ4n) is 1.33. The Morgan fingerprint density at radius 1 is 1.57 bits per heavy atom. The van der Waals surface area contributed by atoms with Crippen molar-refractivity contribution in [3.8, 4) is 11.6 Å². The summed E-state index contributed by atoms with van der Waals surface area (Å²) in [5, 5.41) is 0. The van der Waals surface area contributed by atoms with Gasteiger partial charge in [0, 0.05) is 6.92 Å². The number of imidazole rings is 1. The molecule has 0 unspecified atom stereocenters. The average molecular weight is 190 g/mol. The molecule has 0 saturated heterocycles. The number of carbonyl (C=O) groups excluding carboxylic acids is 1. The lowest BCUT2D eigenvalue weighted by Crippen LogP contribution is -1.94. The topological polar surface area (TPSA) is 58.9 Å². The van der Waals surface area contributed by atoms with Crippen molar-refractivity contribution < 1.29 is 9.21 Å². The molecule has 2 aromatic heterocycles. The first-order valence-electron chi connectivity index (χ1n) is 4.30. The van der Waals surface area contributed by atoms with Crippen molar-refractivity contribution in [2.24, 2.45) is 0 Å². The van der Waals surface area contributed by atoms with Crippen molar-refractivity contribution in [1.82, 2.24) is 9.97 Å². The molecule has 0 saturated carbocycles. The Kier molecular flexibility index (Phi) is 1.96. The quantitative estimate of drug-likeness (QED) is 0.738. The number of nitrogens with zero attached hydrogens (tertiary/aromatic N) is 1. The van der Waals surface area contributed by atoms with Gasteiger partial charge in [0.2, 0.25) is 0 Å². The Balaban J connectivity index is 2.48. The summed E-state index contributed by atoms with van der Waals surface area (Å²) >= 11 is 0. The van der Waals surface area contributed by atoms with E-state index in [0.717, 1.165) is 0 Å². The van der Waals surface area contributed by atoms with Crippen LogP contribution in [0.1, 0.15) is 23.1 Å². The van der Waals surface area contributed by atoms with E-state index in [2.05, 4.69) is 9.97 Å². The second-order valence-corrected chi connectivity index (χ2v) is 3.08. The first kappa shape index (κ1) is 8.74. The highest BCUT2D eigenvalue weighted by molar-refractivity contribution is 5.93. The zero-order valence-corrected chi connectivity index (χ0v) is 8.00. The van der Waals surface area contributed by atoms with E-state index in [4.69, 9.17) is 4.42 Å². The second kappa shape index (κ2) is 3.14. The van der Waals surface area contributed by atoms with Gasteiger partial charge in [-0.25, -0.2) is 4.98 Å². The lowest BCUT2D eigenvalue weighted by atomic mass is 10.3. The molecule has 0 fully saturated rings. The van der Waals surface area contributed by atoms with Crippen molar-refractivity contribution in [3.63, 3.8) is 0 Å². The Hall–Kier alpha value is -1.84. The fraction of sp³-hybridized carbons (Fsp3) is 0.200. The highest BCUT2D eigenvalue weighted by atomic mass is 16.3.